The van der Waals surface area contributed by atoms with Crippen LogP contribution in [0.4, 0.5) is 10.5 Å². The number of amides is 2. The Morgan fingerprint density at radius 1 is 1.33 bits per heavy atom. The summed E-state index contributed by atoms with van der Waals surface area (Å²) in [6, 6.07) is 1.92. The minimum absolute atomic E-state index is 0.201. The maximum Gasteiger partial charge on any atom is 0.319 e. The fraction of sp³-hybridized carbons (Fsp3) is 0.579. The quantitative estimate of drug-likeness (QED) is 0.744. The van der Waals surface area contributed by atoms with Crippen LogP contribution >= 0.6 is 11.6 Å². The van der Waals surface area contributed by atoms with E-state index in [1.54, 1.807) is 6.07 Å². The molecule has 3 N–H and O–H groups in total. The van der Waals surface area contributed by atoms with Gasteiger partial charge < -0.3 is 25.1 Å². The molecule has 1 spiro atoms. The van der Waals surface area contributed by atoms with Gasteiger partial charge in [-0.2, -0.15) is 0 Å². The van der Waals surface area contributed by atoms with Crippen LogP contribution in [0.3, 0.4) is 0 Å². The highest BCUT2D eigenvalue weighted by Crippen LogP contribution is 2.48. The predicted octanol–water partition coefficient (Wildman–Crippen LogP) is 3.65. The van der Waals surface area contributed by atoms with Gasteiger partial charge in [0.05, 0.1) is 29.4 Å². The van der Waals surface area contributed by atoms with E-state index >= 15 is 0 Å². The monoisotopic (exact) mass is 390 g/mol. The maximum atomic E-state index is 12.3. The van der Waals surface area contributed by atoms with Crippen LogP contribution in [-0.2, 0) is 16.8 Å². The van der Waals surface area contributed by atoms with Gasteiger partial charge >= 0.3 is 6.03 Å². The molecule has 2 fully saturated rings. The number of anilines is 1. The van der Waals surface area contributed by atoms with Crippen LogP contribution in [-0.4, -0.2) is 30.3 Å². The number of nitrogens with zero attached hydrogens (tertiary/aromatic N) is 1. The average molecular weight is 391 g/mol. The molecule has 2 aliphatic heterocycles. The van der Waals surface area contributed by atoms with Crippen molar-refractivity contribution in [3.8, 4) is 0 Å². The van der Waals surface area contributed by atoms with Gasteiger partial charge in [0.1, 0.15) is 5.52 Å². The fourth-order valence-corrected chi connectivity index (χ4v) is 4.86. The van der Waals surface area contributed by atoms with Gasteiger partial charge in [-0.25, -0.2) is 9.78 Å². The minimum atomic E-state index is -0.428. The molecule has 7 nitrogen and oxygen atoms in total. The number of aromatic nitrogens is 1. The molecule has 3 aliphatic rings. The first kappa shape index (κ1) is 17.3. The lowest BCUT2D eigenvalue weighted by Crippen LogP contribution is -2.52. The molecule has 2 aromatic rings. The van der Waals surface area contributed by atoms with Gasteiger partial charge in [0, 0.05) is 18.2 Å². The van der Waals surface area contributed by atoms with Crippen molar-refractivity contribution in [2.45, 2.75) is 56.7 Å². The number of rotatable bonds is 3. The number of oxazole rings is 1. The summed E-state index contributed by atoms with van der Waals surface area (Å²) in [7, 11) is 0. The lowest BCUT2D eigenvalue weighted by molar-refractivity contribution is 0.189. The van der Waals surface area contributed by atoms with E-state index in [9.17, 15) is 4.79 Å². The standard InChI is InChI=1S/C19H23ClN4O3/c20-12-8-13-17(27-14(22-13)9-21-11-4-7-26-10-11)15-16(12)23-18(25)24-19(15)5-2-1-3-6-19/h8,11,21H,1-7,9-10H2,(H2,23,24,25)/t11-/m1/s1. The zero-order valence-electron chi connectivity index (χ0n) is 15.1. The SMILES string of the molecule is O=C1Nc2c(Cl)cc3nc(CN[C@@H]4CCOC4)oc3c2C2(CCCCC2)N1. The van der Waals surface area contributed by atoms with Crippen LogP contribution in [0.15, 0.2) is 10.5 Å². The van der Waals surface area contributed by atoms with Crippen molar-refractivity contribution in [2.75, 3.05) is 18.5 Å². The number of carbonyl (C=O) groups is 1. The summed E-state index contributed by atoms with van der Waals surface area (Å²) in [6.07, 6.45) is 6.09. The number of halogens is 1. The van der Waals surface area contributed by atoms with E-state index in [4.69, 9.17) is 20.8 Å². The van der Waals surface area contributed by atoms with Crippen LogP contribution in [0, 0.1) is 0 Å². The molecule has 1 atom stereocenters. The van der Waals surface area contributed by atoms with Crippen LogP contribution < -0.4 is 16.0 Å². The van der Waals surface area contributed by atoms with E-state index in [1.165, 1.54) is 6.42 Å². The second-order valence-corrected chi connectivity index (χ2v) is 8.13. The first-order chi connectivity index (χ1) is 13.1. The molecule has 5 rings (SSSR count). The van der Waals surface area contributed by atoms with Crippen molar-refractivity contribution in [3.05, 3.63) is 22.5 Å². The Labute approximate surface area is 162 Å². The van der Waals surface area contributed by atoms with Crippen LogP contribution in [0.2, 0.25) is 5.02 Å². The third-order valence-corrected chi connectivity index (χ3v) is 6.22. The molecule has 27 heavy (non-hydrogen) atoms. The third kappa shape index (κ3) is 2.98. The summed E-state index contributed by atoms with van der Waals surface area (Å²) in [4.78, 5) is 16.9. The first-order valence-electron chi connectivity index (χ1n) is 9.67. The van der Waals surface area contributed by atoms with Gasteiger partial charge in [-0.3, -0.25) is 0 Å². The molecule has 1 aromatic heterocycles. The summed E-state index contributed by atoms with van der Waals surface area (Å²) >= 11 is 6.52. The maximum absolute atomic E-state index is 12.3. The smallest absolute Gasteiger partial charge is 0.319 e. The van der Waals surface area contributed by atoms with Crippen molar-refractivity contribution < 1.29 is 13.9 Å². The molecule has 0 bridgehead atoms. The topological polar surface area (TPSA) is 88.4 Å². The summed E-state index contributed by atoms with van der Waals surface area (Å²) in [6.45, 7) is 2.06. The number of nitrogens with one attached hydrogen (secondary N) is 3. The minimum Gasteiger partial charge on any atom is -0.439 e. The Hall–Kier alpha value is -1.83. The highest BCUT2D eigenvalue weighted by atomic mass is 35.5. The molecule has 2 amide bonds. The number of ether oxygens (including phenoxy) is 1. The summed E-state index contributed by atoms with van der Waals surface area (Å²) in [5.74, 6) is 0.629. The Kier molecular flexibility index (Phi) is 4.26. The molecule has 3 heterocycles. The number of carbonyl (C=O) groups excluding carboxylic acids is 1. The Morgan fingerprint density at radius 3 is 2.96 bits per heavy atom. The molecule has 1 aliphatic carbocycles. The van der Waals surface area contributed by atoms with E-state index in [-0.39, 0.29) is 6.03 Å². The van der Waals surface area contributed by atoms with E-state index < -0.39 is 5.54 Å². The Bertz CT molecular complexity index is 885. The highest BCUT2D eigenvalue weighted by molar-refractivity contribution is 6.35. The normalized spacial score (nSPS) is 24.0. The number of hydrogen-bond donors (Lipinski definition) is 3. The second kappa shape index (κ2) is 6.65. The zero-order chi connectivity index (χ0) is 18.4. The summed E-state index contributed by atoms with van der Waals surface area (Å²) in [5.41, 5.74) is 2.65. The largest absolute Gasteiger partial charge is 0.439 e. The van der Waals surface area contributed by atoms with Gasteiger partial charge in [0.25, 0.3) is 0 Å². The van der Waals surface area contributed by atoms with Crippen LogP contribution in [0.1, 0.15) is 50.0 Å². The van der Waals surface area contributed by atoms with Crippen molar-refractivity contribution in [1.82, 2.24) is 15.6 Å². The molecule has 1 saturated carbocycles. The molecule has 0 unspecified atom stereocenters. The van der Waals surface area contributed by atoms with Gasteiger partial charge in [0.2, 0.25) is 5.89 Å². The van der Waals surface area contributed by atoms with E-state index in [0.717, 1.165) is 62.0 Å². The van der Waals surface area contributed by atoms with E-state index in [0.29, 0.717) is 29.2 Å². The Morgan fingerprint density at radius 2 is 2.19 bits per heavy atom. The summed E-state index contributed by atoms with van der Waals surface area (Å²) in [5, 5.41) is 9.98. The molecule has 144 valence electrons. The number of urea groups is 1. The van der Waals surface area contributed by atoms with Crippen molar-refractivity contribution >= 4 is 34.4 Å². The van der Waals surface area contributed by atoms with Crippen molar-refractivity contribution in [1.29, 1.82) is 0 Å². The molecule has 0 radical (unpaired) electrons. The lowest BCUT2D eigenvalue weighted by atomic mass is 9.74. The molecule has 8 heteroatoms. The van der Waals surface area contributed by atoms with E-state index in [1.807, 2.05) is 0 Å². The Balaban J connectivity index is 1.56. The van der Waals surface area contributed by atoms with Gasteiger partial charge in [0.15, 0.2) is 5.58 Å². The highest BCUT2D eigenvalue weighted by Gasteiger charge is 2.44. The molecular formula is C19H23ClN4O3. The molecular weight excluding hydrogens is 368 g/mol. The van der Waals surface area contributed by atoms with Gasteiger partial charge in [-0.1, -0.05) is 30.9 Å². The van der Waals surface area contributed by atoms with Gasteiger partial charge in [-0.05, 0) is 25.3 Å². The number of benzene rings is 1. The van der Waals surface area contributed by atoms with Crippen LogP contribution in [0.25, 0.3) is 11.1 Å². The number of fused-ring (bicyclic) bond motifs is 4. The fourth-order valence-electron chi connectivity index (χ4n) is 4.62. The summed E-state index contributed by atoms with van der Waals surface area (Å²) < 4.78 is 11.6. The molecule has 1 saturated heterocycles. The van der Waals surface area contributed by atoms with E-state index in [2.05, 4.69) is 20.9 Å². The zero-order valence-corrected chi connectivity index (χ0v) is 15.8. The van der Waals surface area contributed by atoms with Crippen molar-refractivity contribution in [3.63, 3.8) is 0 Å². The number of hydrogen-bond acceptors (Lipinski definition) is 5. The van der Waals surface area contributed by atoms with Gasteiger partial charge in [-0.15, -0.1) is 0 Å². The lowest BCUT2D eigenvalue weighted by Gasteiger charge is -2.42. The molecule has 1 aromatic carbocycles. The average Bonchev–Trinajstić information content (AvgIpc) is 3.30. The first-order valence-corrected chi connectivity index (χ1v) is 10.1. The predicted molar refractivity (Wildman–Crippen MR) is 102 cm³/mol. The van der Waals surface area contributed by atoms with Crippen LogP contribution in [0.5, 0.6) is 0 Å². The third-order valence-electron chi connectivity index (χ3n) is 5.93. The second-order valence-electron chi connectivity index (χ2n) is 7.73. The van der Waals surface area contributed by atoms with Crippen molar-refractivity contribution in [2.24, 2.45) is 0 Å².